The second kappa shape index (κ2) is 4.06. The first-order valence-electron chi connectivity index (χ1n) is 6.24. The van der Waals surface area contributed by atoms with Gasteiger partial charge in [-0.2, -0.15) is 0 Å². The Kier molecular flexibility index (Phi) is 2.44. The van der Waals surface area contributed by atoms with Crippen LogP contribution in [0.15, 0.2) is 48.5 Å². The molecule has 3 aromatic rings. The fourth-order valence-electron chi connectivity index (χ4n) is 2.85. The van der Waals surface area contributed by atoms with Crippen LogP contribution < -0.4 is 0 Å². The van der Waals surface area contributed by atoms with Crippen molar-refractivity contribution in [2.45, 2.75) is 12.2 Å². The van der Waals surface area contributed by atoms with Crippen LogP contribution in [0, 0.1) is 0 Å². The van der Waals surface area contributed by atoms with Gasteiger partial charge in [0.2, 0.25) is 0 Å². The summed E-state index contributed by atoms with van der Waals surface area (Å²) in [6, 6.07) is 16.1. The van der Waals surface area contributed by atoms with Crippen LogP contribution in [0.4, 0.5) is 0 Å². The molecule has 2 nitrogen and oxygen atoms in total. The van der Waals surface area contributed by atoms with Crippen molar-refractivity contribution in [2.24, 2.45) is 0 Å². The van der Waals surface area contributed by atoms with Gasteiger partial charge in [0.05, 0.1) is 0 Å². The SMILES string of the molecule is OC1c2ccccc2-c2c([se]c3ccccc23)C1O. The molecule has 1 aliphatic carbocycles. The first-order valence-corrected chi connectivity index (χ1v) is 7.95. The maximum atomic E-state index is 10.4. The molecule has 0 saturated heterocycles. The number of fused-ring (bicyclic) bond motifs is 5. The van der Waals surface area contributed by atoms with Crippen molar-refractivity contribution < 1.29 is 10.2 Å². The average molecular weight is 315 g/mol. The zero-order valence-corrected chi connectivity index (χ0v) is 11.8. The summed E-state index contributed by atoms with van der Waals surface area (Å²) in [5, 5.41) is 21.9. The molecule has 0 spiro atoms. The minimum absolute atomic E-state index is 0.111. The predicted molar refractivity (Wildman–Crippen MR) is 76.2 cm³/mol. The fraction of sp³-hybridized carbons (Fsp3) is 0.125. The number of aliphatic hydroxyl groups is 2. The van der Waals surface area contributed by atoms with Gasteiger partial charge in [0.25, 0.3) is 0 Å². The van der Waals surface area contributed by atoms with E-state index in [0.717, 1.165) is 21.1 Å². The Bertz CT molecular complexity index is 775. The summed E-state index contributed by atoms with van der Waals surface area (Å²) < 4.78 is 2.31. The van der Waals surface area contributed by atoms with Crippen molar-refractivity contribution in [3.63, 3.8) is 0 Å². The standard InChI is InChI=1S/C16H12O2Se/c17-14-10-6-2-1-5-9(10)13-11-7-3-4-8-12(11)19-16(13)15(14)18/h1-8,14-15,17-18H. The van der Waals surface area contributed by atoms with Crippen LogP contribution in [-0.4, -0.2) is 24.7 Å². The van der Waals surface area contributed by atoms with Gasteiger partial charge in [-0.3, -0.25) is 0 Å². The zero-order chi connectivity index (χ0) is 13.0. The summed E-state index contributed by atoms with van der Waals surface area (Å²) in [6.45, 7) is 0. The number of hydrogen-bond acceptors (Lipinski definition) is 2. The Balaban J connectivity index is 2.15. The summed E-state index contributed by atoms with van der Waals surface area (Å²) in [5.74, 6) is 0. The summed E-state index contributed by atoms with van der Waals surface area (Å²) in [6.07, 6.45) is -1.57. The second-order valence-corrected chi connectivity index (χ2v) is 7.09. The van der Waals surface area contributed by atoms with Gasteiger partial charge in [-0.15, -0.1) is 0 Å². The molecule has 0 fully saturated rings. The Morgan fingerprint density at radius 1 is 0.842 bits per heavy atom. The van der Waals surface area contributed by atoms with Gasteiger partial charge in [0, 0.05) is 0 Å². The van der Waals surface area contributed by atoms with Crippen LogP contribution in [0.3, 0.4) is 0 Å². The first kappa shape index (κ1) is 11.4. The molecule has 4 rings (SSSR count). The molecular formula is C16H12O2Se. The van der Waals surface area contributed by atoms with E-state index in [0.29, 0.717) is 0 Å². The van der Waals surface area contributed by atoms with Crippen molar-refractivity contribution in [3.8, 4) is 11.1 Å². The third-order valence-corrected chi connectivity index (χ3v) is 6.34. The van der Waals surface area contributed by atoms with Crippen molar-refractivity contribution in [2.75, 3.05) is 0 Å². The minimum atomic E-state index is -0.800. The summed E-state index contributed by atoms with van der Waals surface area (Å²) in [7, 11) is 0. The molecule has 2 N–H and O–H groups in total. The molecule has 2 atom stereocenters. The molecule has 0 radical (unpaired) electrons. The van der Waals surface area contributed by atoms with Crippen LogP contribution in [0.25, 0.3) is 20.8 Å². The van der Waals surface area contributed by atoms with E-state index < -0.39 is 12.2 Å². The van der Waals surface area contributed by atoms with Gasteiger partial charge < -0.3 is 0 Å². The molecule has 19 heavy (non-hydrogen) atoms. The van der Waals surface area contributed by atoms with Crippen molar-refractivity contribution in [3.05, 3.63) is 58.5 Å². The molecule has 0 amide bonds. The van der Waals surface area contributed by atoms with Crippen molar-refractivity contribution in [1.82, 2.24) is 0 Å². The quantitative estimate of drug-likeness (QED) is 0.626. The van der Waals surface area contributed by atoms with Crippen LogP contribution in [0.1, 0.15) is 22.2 Å². The molecule has 2 unspecified atom stereocenters. The molecule has 0 saturated carbocycles. The molecule has 0 bridgehead atoms. The molecule has 1 aliphatic rings. The van der Waals surface area contributed by atoms with E-state index >= 15 is 0 Å². The number of benzene rings is 2. The normalized spacial score (nSPS) is 21.2. The Labute approximate surface area is 116 Å². The van der Waals surface area contributed by atoms with Gasteiger partial charge in [-0.05, 0) is 0 Å². The van der Waals surface area contributed by atoms with Gasteiger partial charge >= 0.3 is 116 Å². The van der Waals surface area contributed by atoms with Crippen LogP contribution in [0.2, 0.25) is 0 Å². The summed E-state index contributed by atoms with van der Waals surface area (Å²) in [5.41, 5.74) is 3.05. The average Bonchev–Trinajstić information content (AvgIpc) is 2.84. The molecule has 1 aromatic heterocycles. The van der Waals surface area contributed by atoms with Crippen molar-refractivity contribution in [1.29, 1.82) is 0 Å². The Morgan fingerprint density at radius 3 is 2.47 bits per heavy atom. The molecule has 0 aliphatic heterocycles. The predicted octanol–water partition coefficient (Wildman–Crippen LogP) is 2.64. The van der Waals surface area contributed by atoms with Gasteiger partial charge in [0.15, 0.2) is 0 Å². The molecule has 2 aromatic carbocycles. The van der Waals surface area contributed by atoms with Gasteiger partial charge in [-0.1, -0.05) is 0 Å². The monoisotopic (exact) mass is 316 g/mol. The molecular weight excluding hydrogens is 303 g/mol. The number of aliphatic hydroxyl groups excluding tert-OH is 2. The van der Waals surface area contributed by atoms with E-state index in [2.05, 4.69) is 12.1 Å². The van der Waals surface area contributed by atoms with Crippen LogP contribution in [0.5, 0.6) is 0 Å². The fourth-order valence-corrected chi connectivity index (χ4v) is 5.44. The van der Waals surface area contributed by atoms with Gasteiger partial charge in [0.1, 0.15) is 0 Å². The van der Waals surface area contributed by atoms with Crippen LogP contribution in [-0.2, 0) is 0 Å². The second-order valence-electron chi connectivity index (χ2n) is 4.81. The topological polar surface area (TPSA) is 40.5 Å². The van der Waals surface area contributed by atoms with E-state index in [4.69, 9.17) is 0 Å². The van der Waals surface area contributed by atoms with E-state index in [1.54, 1.807) is 0 Å². The third kappa shape index (κ3) is 1.50. The van der Waals surface area contributed by atoms with E-state index in [1.165, 1.54) is 9.65 Å². The Morgan fingerprint density at radius 2 is 1.58 bits per heavy atom. The maximum absolute atomic E-state index is 10.4. The summed E-state index contributed by atoms with van der Waals surface area (Å²) in [4.78, 5) is 0. The van der Waals surface area contributed by atoms with E-state index in [-0.39, 0.29) is 14.5 Å². The van der Waals surface area contributed by atoms with Crippen molar-refractivity contribution >= 4 is 24.1 Å². The summed E-state index contributed by atoms with van der Waals surface area (Å²) >= 11 is 0.111. The van der Waals surface area contributed by atoms with Crippen LogP contribution >= 0.6 is 0 Å². The third-order valence-electron chi connectivity index (χ3n) is 3.74. The first-order chi connectivity index (χ1) is 9.27. The zero-order valence-electron chi connectivity index (χ0n) is 10.1. The van der Waals surface area contributed by atoms with E-state index in [9.17, 15) is 10.2 Å². The number of hydrogen-bond donors (Lipinski definition) is 2. The van der Waals surface area contributed by atoms with Gasteiger partial charge in [-0.25, -0.2) is 0 Å². The Hall–Kier alpha value is -1.38. The van der Waals surface area contributed by atoms with E-state index in [1.807, 2.05) is 36.4 Å². The number of rotatable bonds is 0. The molecule has 3 heteroatoms. The molecule has 1 heterocycles. The molecule has 94 valence electrons.